The fraction of sp³-hybridized carbons (Fsp3) is 0. The van der Waals surface area contributed by atoms with E-state index in [-0.39, 0.29) is 5.82 Å². The summed E-state index contributed by atoms with van der Waals surface area (Å²) in [5.74, 6) is 0.160. The maximum atomic E-state index is 9.02. The lowest BCUT2D eigenvalue weighted by Gasteiger charge is -1.98. The van der Waals surface area contributed by atoms with Gasteiger partial charge in [-0.1, -0.05) is 12.1 Å². The Morgan fingerprint density at radius 2 is 2.21 bits per heavy atom. The second-order valence-corrected chi connectivity index (χ2v) is 2.81. The molecule has 1 aromatic heterocycles. The van der Waals surface area contributed by atoms with Crippen LogP contribution in [0.2, 0.25) is 0 Å². The van der Waals surface area contributed by atoms with Gasteiger partial charge in [0.1, 0.15) is 6.07 Å². The lowest BCUT2D eigenvalue weighted by Crippen LogP contribution is -2.30. The number of imidazole rings is 1. The average molecular weight is 187 g/mol. The molecule has 0 aliphatic heterocycles. The Bertz CT molecular complexity index is 515. The summed E-state index contributed by atoms with van der Waals surface area (Å²) in [4.78, 5) is 6.66. The fourth-order valence-corrected chi connectivity index (χ4v) is 1.32. The number of nitrogens with zero attached hydrogens (tertiary/aromatic N) is 2. The molecule has 1 heterocycles. The van der Waals surface area contributed by atoms with Crippen LogP contribution in [0.25, 0.3) is 11.0 Å². The SMILES string of the molecule is N#Cc1nc2c(B(O)O)cccc2[nH]1. The zero-order chi connectivity index (χ0) is 10.1. The van der Waals surface area contributed by atoms with Gasteiger partial charge >= 0.3 is 7.12 Å². The fourth-order valence-electron chi connectivity index (χ4n) is 1.32. The van der Waals surface area contributed by atoms with Crippen LogP contribution in [-0.2, 0) is 0 Å². The predicted molar refractivity (Wildman–Crippen MR) is 50.6 cm³/mol. The molecule has 0 amide bonds. The molecule has 1 aromatic carbocycles. The molecule has 0 radical (unpaired) electrons. The van der Waals surface area contributed by atoms with Gasteiger partial charge in [-0.25, -0.2) is 4.98 Å². The lowest BCUT2D eigenvalue weighted by atomic mass is 9.79. The highest BCUT2D eigenvalue weighted by Crippen LogP contribution is 2.08. The largest absolute Gasteiger partial charge is 0.490 e. The third-order valence-corrected chi connectivity index (χ3v) is 1.93. The number of fused-ring (bicyclic) bond motifs is 1. The van der Waals surface area contributed by atoms with E-state index < -0.39 is 7.12 Å². The molecule has 0 atom stereocenters. The average Bonchev–Trinajstić information content (AvgIpc) is 2.59. The van der Waals surface area contributed by atoms with Crippen LogP contribution >= 0.6 is 0 Å². The van der Waals surface area contributed by atoms with Crippen LogP contribution in [0.4, 0.5) is 0 Å². The van der Waals surface area contributed by atoms with Crippen LogP contribution in [0.3, 0.4) is 0 Å². The zero-order valence-electron chi connectivity index (χ0n) is 7.10. The van der Waals surface area contributed by atoms with Gasteiger partial charge in [0.2, 0.25) is 5.82 Å². The summed E-state index contributed by atoms with van der Waals surface area (Å²) in [6.45, 7) is 0. The Hall–Kier alpha value is -1.84. The van der Waals surface area contributed by atoms with Gasteiger partial charge < -0.3 is 15.0 Å². The number of benzene rings is 1. The summed E-state index contributed by atoms with van der Waals surface area (Å²) < 4.78 is 0. The molecule has 14 heavy (non-hydrogen) atoms. The number of nitriles is 1. The molecule has 0 saturated carbocycles. The molecule has 0 unspecified atom stereocenters. The number of aromatic amines is 1. The summed E-state index contributed by atoms with van der Waals surface area (Å²) in [6, 6.07) is 6.78. The van der Waals surface area contributed by atoms with E-state index in [4.69, 9.17) is 15.3 Å². The number of rotatable bonds is 1. The van der Waals surface area contributed by atoms with E-state index in [1.165, 1.54) is 0 Å². The molecule has 0 aliphatic carbocycles. The van der Waals surface area contributed by atoms with E-state index in [0.717, 1.165) is 0 Å². The maximum Gasteiger partial charge on any atom is 0.490 e. The molecular formula is C8H6BN3O2. The van der Waals surface area contributed by atoms with E-state index in [1.54, 1.807) is 18.2 Å². The van der Waals surface area contributed by atoms with Gasteiger partial charge in [-0.2, -0.15) is 5.26 Å². The first-order chi connectivity index (χ1) is 6.72. The van der Waals surface area contributed by atoms with Gasteiger partial charge in [-0.3, -0.25) is 0 Å². The second-order valence-electron chi connectivity index (χ2n) is 2.81. The summed E-state index contributed by atoms with van der Waals surface area (Å²) in [5.41, 5.74) is 1.33. The third kappa shape index (κ3) is 1.25. The highest BCUT2D eigenvalue weighted by atomic mass is 16.4. The molecule has 0 bridgehead atoms. The van der Waals surface area contributed by atoms with E-state index in [0.29, 0.717) is 16.5 Å². The molecule has 5 nitrogen and oxygen atoms in total. The maximum absolute atomic E-state index is 9.02. The minimum Gasteiger partial charge on any atom is -0.423 e. The number of aromatic nitrogens is 2. The molecule has 68 valence electrons. The highest BCUT2D eigenvalue weighted by molar-refractivity contribution is 6.61. The zero-order valence-corrected chi connectivity index (χ0v) is 7.10. The Balaban J connectivity index is 2.74. The molecule has 0 spiro atoms. The van der Waals surface area contributed by atoms with Crippen LogP contribution in [0, 0.1) is 11.3 Å². The van der Waals surface area contributed by atoms with Gasteiger partial charge in [0.15, 0.2) is 0 Å². The van der Waals surface area contributed by atoms with Crippen molar-refractivity contribution in [3.8, 4) is 6.07 Å². The first-order valence-corrected chi connectivity index (χ1v) is 3.97. The summed E-state index contributed by atoms with van der Waals surface area (Å²) >= 11 is 0. The normalized spacial score (nSPS) is 10.1. The van der Waals surface area contributed by atoms with E-state index in [9.17, 15) is 0 Å². The van der Waals surface area contributed by atoms with Crippen LogP contribution in [0.1, 0.15) is 5.82 Å². The quantitative estimate of drug-likeness (QED) is 0.505. The molecular weight excluding hydrogens is 181 g/mol. The predicted octanol–water partition coefficient (Wildman–Crippen LogP) is -0.886. The monoisotopic (exact) mass is 187 g/mol. The molecule has 3 N–H and O–H groups in total. The topological polar surface area (TPSA) is 92.9 Å². The number of H-pyrrole nitrogens is 1. The van der Waals surface area contributed by atoms with Crippen molar-refractivity contribution in [2.45, 2.75) is 0 Å². The molecule has 2 rings (SSSR count). The van der Waals surface area contributed by atoms with Crippen LogP contribution < -0.4 is 5.46 Å². The Kier molecular flexibility index (Phi) is 1.96. The van der Waals surface area contributed by atoms with Crippen LogP contribution in [0.5, 0.6) is 0 Å². The third-order valence-electron chi connectivity index (χ3n) is 1.93. The number of nitrogens with one attached hydrogen (secondary N) is 1. The summed E-state index contributed by atoms with van der Waals surface area (Å²) in [7, 11) is -1.58. The molecule has 0 aliphatic rings. The van der Waals surface area contributed by atoms with Crippen molar-refractivity contribution in [2.75, 3.05) is 0 Å². The van der Waals surface area contributed by atoms with Crippen molar-refractivity contribution in [2.24, 2.45) is 0 Å². The standard InChI is InChI=1S/C8H6BN3O2/c10-4-7-11-6-3-1-2-5(9(13)14)8(6)12-7/h1-3,13-14H,(H,11,12). The number of hydrogen-bond donors (Lipinski definition) is 3. The van der Waals surface area contributed by atoms with Gasteiger partial charge in [-0.15, -0.1) is 0 Å². The Labute approximate surface area is 79.8 Å². The smallest absolute Gasteiger partial charge is 0.423 e. The van der Waals surface area contributed by atoms with Crippen molar-refractivity contribution in [3.05, 3.63) is 24.0 Å². The molecule has 0 fully saturated rings. The van der Waals surface area contributed by atoms with Crippen molar-refractivity contribution in [1.82, 2.24) is 9.97 Å². The number of hydrogen-bond acceptors (Lipinski definition) is 4. The van der Waals surface area contributed by atoms with Crippen molar-refractivity contribution in [1.29, 1.82) is 5.26 Å². The summed E-state index contributed by atoms with van der Waals surface area (Å²) in [6.07, 6.45) is 0. The second kappa shape index (κ2) is 3.14. The van der Waals surface area contributed by atoms with Crippen molar-refractivity contribution >= 4 is 23.6 Å². The molecule has 6 heteroatoms. The Morgan fingerprint density at radius 1 is 1.43 bits per heavy atom. The van der Waals surface area contributed by atoms with Crippen molar-refractivity contribution in [3.63, 3.8) is 0 Å². The van der Waals surface area contributed by atoms with Gasteiger partial charge in [-0.05, 0) is 6.07 Å². The van der Waals surface area contributed by atoms with E-state index in [1.807, 2.05) is 6.07 Å². The first kappa shape index (κ1) is 8.75. The van der Waals surface area contributed by atoms with Crippen molar-refractivity contribution < 1.29 is 10.0 Å². The van der Waals surface area contributed by atoms with Crippen LogP contribution in [0.15, 0.2) is 18.2 Å². The van der Waals surface area contributed by atoms with E-state index in [2.05, 4.69) is 9.97 Å². The minimum atomic E-state index is -1.58. The van der Waals surface area contributed by atoms with Gasteiger partial charge in [0, 0.05) is 5.46 Å². The van der Waals surface area contributed by atoms with Gasteiger partial charge in [0.05, 0.1) is 11.0 Å². The Morgan fingerprint density at radius 3 is 2.86 bits per heavy atom. The molecule has 0 saturated heterocycles. The number of para-hydroxylation sites is 1. The summed E-state index contributed by atoms with van der Waals surface area (Å²) in [5, 5.41) is 26.6. The first-order valence-electron chi connectivity index (χ1n) is 3.97. The van der Waals surface area contributed by atoms with E-state index >= 15 is 0 Å². The van der Waals surface area contributed by atoms with Crippen LogP contribution in [-0.4, -0.2) is 27.1 Å². The van der Waals surface area contributed by atoms with Gasteiger partial charge in [0.25, 0.3) is 0 Å². The lowest BCUT2D eigenvalue weighted by molar-refractivity contribution is 0.426. The minimum absolute atomic E-state index is 0.160. The molecule has 2 aromatic rings. The highest BCUT2D eigenvalue weighted by Gasteiger charge is 2.16.